The van der Waals surface area contributed by atoms with Gasteiger partial charge in [0.15, 0.2) is 0 Å². The molecule has 0 radical (unpaired) electrons. The fourth-order valence-electron chi connectivity index (χ4n) is 2.42. The third kappa shape index (κ3) is 4.55. The van der Waals surface area contributed by atoms with Crippen molar-refractivity contribution >= 4 is 11.7 Å². The molecule has 1 amide bonds. The summed E-state index contributed by atoms with van der Waals surface area (Å²) >= 11 is 0. The standard InChI is InChI=1S/C13H25N3O2/c1-10(2)7-8-16(11-5-3-4-6-11)13(17)9-12(14)15-18/h10-11,18H,3-9H2,1-2H3,(H2,14,15). The molecule has 1 saturated carbocycles. The van der Waals surface area contributed by atoms with E-state index in [-0.39, 0.29) is 18.2 Å². The van der Waals surface area contributed by atoms with Crippen LogP contribution in [0.25, 0.3) is 0 Å². The van der Waals surface area contributed by atoms with Crippen molar-refractivity contribution in [2.24, 2.45) is 16.8 Å². The topological polar surface area (TPSA) is 78.9 Å². The van der Waals surface area contributed by atoms with Crippen LogP contribution in [0.2, 0.25) is 0 Å². The van der Waals surface area contributed by atoms with E-state index >= 15 is 0 Å². The summed E-state index contributed by atoms with van der Waals surface area (Å²) in [5, 5.41) is 11.4. The molecule has 0 bridgehead atoms. The van der Waals surface area contributed by atoms with Gasteiger partial charge in [-0.3, -0.25) is 4.79 Å². The van der Waals surface area contributed by atoms with E-state index in [4.69, 9.17) is 10.9 Å². The molecule has 0 aromatic heterocycles. The molecule has 0 saturated heterocycles. The molecular weight excluding hydrogens is 230 g/mol. The van der Waals surface area contributed by atoms with Crippen molar-refractivity contribution in [3.63, 3.8) is 0 Å². The van der Waals surface area contributed by atoms with Gasteiger partial charge in [0.1, 0.15) is 5.84 Å². The molecule has 0 aromatic rings. The van der Waals surface area contributed by atoms with E-state index in [2.05, 4.69) is 19.0 Å². The van der Waals surface area contributed by atoms with Crippen LogP contribution in [0.15, 0.2) is 5.16 Å². The van der Waals surface area contributed by atoms with Crippen LogP contribution in [0.1, 0.15) is 52.4 Å². The lowest BCUT2D eigenvalue weighted by Gasteiger charge is -2.29. The van der Waals surface area contributed by atoms with Gasteiger partial charge in [0, 0.05) is 12.6 Å². The number of amidine groups is 1. The van der Waals surface area contributed by atoms with E-state index in [0.717, 1.165) is 25.8 Å². The van der Waals surface area contributed by atoms with Crippen molar-refractivity contribution in [3.8, 4) is 0 Å². The smallest absolute Gasteiger partial charge is 0.230 e. The van der Waals surface area contributed by atoms with Gasteiger partial charge in [-0.25, -0.2) is 0 Å². The fourth-order valence-corrected chi connectivity index (χ4v) is 2.42. The largest absolute Gasteiger partial charge is 0.409 e. The van der Waals surface area contributed by atoms with Crippen molar-refractivity contribution in [1.29, 1.82) is 0 Å². The third-order valence-corrected chi connectivity index (χ3v) is 3.49. The molecular formula is C13H25N3O2. The van der Waals surface area contributed by atoms with Gasteiger partial charge >= 0.3 is 0 Å². The molecule has 104 valence electrons. The molecule has 0 spiro atoms. The average molecular weight is 255 g/mol. The SMILES string of the molecule is CC(C)CCN(C(=O)CC(N)=NO)C1CCCC1. The summed E-state index contributed by atoms with van der Waals surface area (Å²) in [6.45, 7) is 5.08. The molecule has 5 heteroatoms. The lowest BCUT2D eigenvalue weighted by molar-refractivity contribution is -0.132. The Morgan fingerprint density at radius 3 is 2.56 bits per heavy atom. The van der Waals surface area contributed by atoms with Crippen LogP contribution in [-0.2, 0) is 4.79 Å². The lowest BCUT2D eigenvalue weighted by atomic mass is 10.1. The first-order chi connectivity index (χ1) is 8.54. The number of hydrogen-bond donors (Lipinski definition) is 2. The Labute approximate surface area is 109 Å². The molecule has 3 N–H and O–H groups in total. The molecule has 0 atom stereocenters. The highest BCUT2D eigenvalue weighted by molar-refractivity contribution is 5.98. The number of amides is 1. The first-order valence-corrected chi connectivity index (χ1v) is 6.80. The summed E-state index contributed by atoms with van der Waals surface area (Å²) in [6.07, 6.45) is 5.57. The van der Waals surface area contributed by atoms with E-state index < -0.39 is 0 Å². The van der Waals surface area contributed by atoms with Crippen LogP contribution >= 0.6 is 0 Å². The highest BCUT2D eigenvalue weighted by atomic mass is 16.4. The zero-order valence-corrected chi connectivity index (χ0v) is 11.4. The number of nitrogens with zero attached hydrogens (tertiary/aromatic N) is 2. The van der Waals surface area contributed by atoms with Gasteiger partial charge in [0.25, 0.3) is 0 Å². The van der Waals surface area contributed by atoms with Crippen LogP contribution in [0.3, 0.4) is 0 Å². The van der Waals surface area contributed by atoms with Crippen molar-refractivity contribution < 1.29 is 10.0 Å². The summed E-state index contributed by atoms with van der Waals surface area (Å²) in [5.41, 5.74) is 5.42. The van der Waals surface area contributed by atoms with Gasteiger partial charge in [-0.05, 0) is 25.2 Å². The number of oxime groups is 1. The summed E-state index contributed by atoms with van der Waals surface area (Å²) in [5.74, 6) is 0.552. The Kier molecular flexibility index (Phi) is 5.95. The molecule has 5 nitrogen and oxygen atoms in total. The van der Waals surface area contributed by atoms with Gasteiger partial charge in [-0.15, -0.1) is 0 Å². The maximum Gasteiger partial charge on any atom is 0.230 e. The monoisotopic (exact) mass is 255 g/mol. The van der Waals surface area contributed by atoms with E-state index in [1.165, 1.54) is 12.8 Å². The average Bonchev–Trinajstić information content (AvgIpc) is 2.82. The second kappa shape index (κ2) is 7.24. The summed E-state index contributed by atoms with van der Waals surface area (Å²) in [6, 6.07) is 0.350. The molecule has 1 aliphatic carbocycles. The predicted molar refractivity (Wildman–Crippen MR) is 71.4 cm³/mol. The number of nitrogens with two attached hydrogens (primary N) is 1. The zero-order chi connectivity index (χ0) is 13.5. The maximum atomic E-state index is 12.2. The second-order valence-electron chi connectivity index (χ2n) is 5.48. The molecule has 0 heterocycles. The summed E-state index contributed by atoms with van der Waals surface area (Å²) < 4.78 is 0. The Bertz CT molecular complexity index is 297. The van der Waals surface area contributed by atoms with Crippen molar-refractivity contribution in [3.05, 3.63) is 0 Å². The summed E-state index contributed by atoms with van der Waals surface area (Å²) in [7, 11) is 0. The first kappa shape index (κ1) is 14.8. The summed E-state index contributed by atoms with van der Waals surface area (Å²) in [4.78, 5) is 14.1. The molecule has 0 aromatic carbocycles. The van der Waals surface area contributed by atoms with Crippen LogP contribution in [0.4, 0.5) is 0 Å². The highest BCUT2D eigenvalue weighted by Gasteiger charge is 2.26. The third-order valence-electron chi connectivity index (χ3n) is 3.49. The van der Waals surface area contributed by atoms with Crippen LogP contribution in [-0.4, -0.2) is 34.4 Å². The normalized spacial score (nSPS) is 17.4. The fraction of sp³-hybridized carbons (Fsp3) is 0.846. The van der Waals surface area contributed by atoms with Crippen molar-refractivity contribution in [2.45, 2.75) is 58.4 Å². The number of carbonyl (C=O) groups is 1. The Hall–Kier alpha value is -1.26. The zero-order valence-electron chi connectivity index (χ0n) is 11.4. The molecule has 0 unspecified atom stereocenters. The minimum absolute atomic E-state index is 0.00690. The Morgan fingerprint density at radius 1 is 1.44 bits per heavy atom. The maximum absolute atomic E-state index is 12.2. The Balaban J connectivity index is 2.60. The van der Waals surface area contributed by atoms with Gasteiger partial charge in [0.2, 0.25) is 5.91 Å². The van der Waals surface area contributed by atoms with E-state index in [1.54, 1.807) is 0 Å². The predicted octanol–water partition coefficient (Wildman–Crippen LogP) is 1.94. The van der Waals surface area contributed by atoms with E-state index in [1.807, 2.05) is 4.90 Å². The lowest BCUT2D eigenvalue weighted by Crippen LogP contribution is -2.41. The van der Waals surface area contributed by atoms with E-state index in [0.29, 0.717) is 12.0 Å². The molecule has 1 rings (SSSR count). The molecule has 0 aliphatic heterocycles. The number of hydrogen-bond acceptors (Lipinski definition) is 3. The minimum atomic E-state index is -0.0159. The minimum Gasteiger partial charge on any atom is -0.409 e. The van der Waals surface area contributed by atoms with Crippen LogP contribution in [0.5, 0.6) is 0 Å². The van der Waals surface area contributed by atoms with Gasteiger partial charge in [0.05, 0.1) is 6.42 Å². The van der Waals surface area contributed by atoms with Crippen LogP contribution in [0, 0.1) is 5.92 Å². The molecule has 1 aliphatic rings. The second-order valence-corrected chi connectivity index (χ2v) is 5.48. The van der Waals surface area contributed by atoms with Crippen molar-refractivity contribution in [1.82, 2.24) is 4.90 Å². The number of carbonyl (C=O) groups excluding carboxylic acids is 1. The molecule has 1 fully saturated rings. The van der Waals surface area contributed by atoms with Gasteiger partial charge in [-0.1, -0.05) is 31.8 Å². The van der Waals surface area contributed by atoms with Gasteiger partial charge < -0.3 is 15.8 Å². The van der Waals surface area contributed by atoms with Gasteiger partial charge in [-0.2, -0.15) is 0 Å². The quantitative estimate of drug-likeness (QED) is 0.329. The molecule has 18 heavy (non-hydrogen) atoms. The number of rotatable bonds is 6. The van der Waals surface area contributed by atoms with E-state index in [9.17, 15) is 4.79 Å². The highest BCUT2D eigenvalue weighted by Crippen LogP contribution is 2.24. The van der Waals surface area contributed by atoms with Crippen molar-refractivity contribution in [2.75, 3.05) is 6.54 Å². The Morgan fingerprint density at radius 2 is 2.06 bits per heavy atom. The van der Waals surface area contributed by atoms with Crippen LogP contribution < -0.4 is 5.73 Å². The first-order valence-electron chi connectivity index (χ1n) is 6.80.